The molecule has 3 heterocycles. The summed E-state index contributed by atoms with van der Waals surface area (Å²) in [6.07, 6.45) is 5.67. The summed E-state index contributed by atoms with van der Waals surface area (Å²) >= 11 is 0. The summed E-state index contributed by atoms with van der Waals surface area (Å²) in [5.41, 5.74) is 0. The molecule has 24 heavy (non-hydrogen) atoms. The number of hydrogen-bond donors (Lipinski definition) is 0. The maximum absolute atomic E-state index is 12.6. The van der Waals surface area contributed by atoms with Crippen LogP contribution in [0.25, 0.3) is 0 Å². The zero-order valence-electron chi connectivity index (χ0n) is 15.1. The maximum atomic E-state index is 12.6. The number of carbonyl (C=O) groups excluding carboxylic acids is 1. The van der Waals surface area contributed by atoms with E-state index in [4.69, 9.17) is 9.47 Å². The molecule has 3 rings (SSSR count). The van der Waals surface area contributed by atoms with Gasteiger partial charge in [-0.1, -0.05) is 6.42 Å². The smallest absolute Gasteiger partial charge is 0.323 e. The zero-order valence-corrected chi connectivity index (χ0v) is 15.1. The topological polar surface area (TPSA) is 45.2 Å². The molecule has 0 aromatic carbocycles. The summed E-state index contributed by atoms with van der Waals surface area (Å²) in [4.78, 5) is 19.8. The Labute approximate surface area is 146 Å². The summed E-state index contributed by atoms with van der Waals surface area (Å²) in [6.45, 7) is 8.15. The standard InChI is InChI=1S/C18H33N3O3/c1-19-8-5-16(6-9-19)21-7-3-2-4-17(21)18(22)24-15-12-20-10-13-23-14-11-20/h16-17H,2-15H2,1H3. The second-order valence-corrected chi connectivity index (χ2v) is 7.41. The van der Waals surface area contributed by atoms with E-state index in [-0.39, 0.29) is 12.0 Å². The lowest BCUT2D eigenvalue weighted by atomic mass is 9.95. The van der Waals surface area contributed by atoms with Crippen molar-refractivity contribution in [2.75, 3.05) is 66.1 Å². The third kappa shape index (κ3) is 4.91. The summed E-state index contributed by atoms with van der Waals surface area (Å²) in [5.74, 6) is 0.00175. The van der Waals surface area contributed by atoms with Crippen LogP contribution in [-0.4, -0.2) is 98.9 Å². The van der Waals surface area contributed by atoms with Gasteiger partial charge in [0.1, 0.15) is 12.6 Å². The number of nitrogens with zero attached hydrogens (tertiary/aromatic N) is 3. The maximum Gasteiger partial charge on any atom is 0.323 e. The van der Waals surface area contributed by atoms with Crippen LogP contribution >= 0.6 is 0 Å². The van der Waals surface area contributed by atoms with Crippen LogP contribution in [0.3, 0.4) is 0 Å². The minimum Gasteiger partial charge on any atom is -0.463 e. The van der Waals surface area contributed by atoms with E-state index in [1.807, 2.05) is 0 Å². The summed E-state index contributed by atoms with van der Waals surface area (Å²) in [5, 5.41) is 0. The number of carbonyl (C=O) groups is 1. The average molecular weight is 339 g/mol. The normalized spacial score (nSPS) is 28.8. The van der Waals surface area contributed by atoms with Crippen LogP contribution in [0.4, 0.5) is 0 Å². The lowest BCUT2D eigenvalue weighted by Gasteiger charge is -2.43. The van der Waals surface area contributed by atoms with Crippen molar-refractivity contribution in [3.05, 3.63) is 0 Å². The molecule has 0 spiro atoms. The highest BCUT2D eigenvalue weighted by atomic mass is 16.5. The number of ether oxygens (including phenoxy) is 2. The molecule has 3 aliphatic heterocycles. The van der Waals surface area contributed by atoms with Crippen molar-refractivity contribution < 1.29 is 14.3 Å². The molecule has 0 amide bonds. The third-order valence-electron chi connectivity index (χ3n) is 5.73. The van der Waals surface area contributed by atoms with Gasteiger partial charge in [-0.05, 0) is 52.4 Å². The molecule has 6 nitrogen and oxygen atoms in total. The van der Waals surface area contributed by atoms with Crippen molar-refractivity contribution in [3.63, 3.8) is 0 Å². The van der Waals surface area contributed by atoms with E-state index >= 15 is 0 Å². The second kappa shape index (κ2) is 9.13. The average Bonchev–Trinajstić information content (AvgIpc) is 2.63. The second-order valence-electron chi connectivity index (χ2n) is 7.41. The van der Waals surface area contributed by atoms with E-state index in [0.29, 0.717) is 12.6 Å². The van der Waals surface area contributed by atoms with Crippen molar-refractivity contribution >= 4 is 5.97 Å². The van der Waals surface area contributed by atoms with Gasteiger partial charge in [0.2, 0.25) is 0 Å². The molecule has 138 valence electrons. The zero-order chi connectivity index (χ0) is 16.8. The van der Waals surface area contributed by atoms with Crippen LogP contribution in [0.5, 0.6) is 0 Å². The molecule has 0 aromatic heterocycles. The summed E-state index contributed by atoms with van der Waals surface area (Å²) in [7, 11) is 2.18. The molecule has 0 radical (unpaired) electrons. The first-order valence-corrected chi connectivity index (χ1v) is 9.65. The van der Waals surface area contributed by atoms with Gasteiger partial charge >= 0.3 is 5.97 Å². The van der Waals surface area contributed by atoms with Gasteiger partial charge in [-0.25, -0.2) is 0 Å². The van der Waals surface area contributed by atoms with E-state index in [2.05, 4.69) is 21.7 Å². The van der Waals surface area contributed by atoms with Gasteiger partial charge in [-0.3, -0.25) is 14.6 Å². The minimum absolute atomic E-state index is 0.00175. The van der Waals surface area contributed by atoms with Gasteiger partial charge in [0.05, 0.1) is 13.2 Å². The molecular weight excluding hydrogens is 306 g/mol. The fourth-order valence-corrected chi connectivity index (χ4v) is 4.17. The van der Waals surface area contributed by atoms with Gasteiger partial charge < -0.3 is 14.4 Å². The van der Waals surface area contributed by atoms with Crippen LogP contribution in [-0.2, 0) is 14.3 Å². The Morgan fingerprint density at radius 1 is 1.04 bits per heavy atom. The molecule has 3 aliphatic rings. The van der Waals surface area contributed by atoms with Crippen molar-refractivity contribution in [1.82, 2.24) is 14.7 Å². The Morgan fingerprint density at radius 3 is 2.54 bits per heavy atom. The molecule has 3 fully saturated rings. The van der Waals surface area contributed by atoms with Crippen LogP contribution in [0, 0.1) is 0 Å². The summed E-state index contributed by atoms with van der Waals surface area (Å²) in [6, 6.07) is 0.537. The quantitative estimate of drug-likeness (QED) is 0.691. The predicted octanol–water partition coefficient (Wildman–Crippen LogP) is 0.811. The SMILES string of the molecule is CN1CCC(N2CCCCC2C(=O)OCCN2CCOCC2)CC1. The Kier molecular flexibility index (Phi) is 6.89. The summed E-state index contributed by atoms with van der Waals surface area (Å²) < 4.78 is 11.0. The van der Waals surface area contributed by atoms with E-state index in [1.165, 1.54) is 19.3 Å². The number of esters is 1. The molecule has 6 heteroatoms. The number of likely N-dealkylation sites (tertiary alicyclic amines) is 2. The van der Waals surface area contributed by atoms with E-state index < -0.39 is 0 Å². The fourth-order valence-electron chi connectivity index (χ4n) is 4.17. The van der Waals surface area contributed by atoms with Crippen LogP contribution in [0.15, 0.2) is 0 Å². The van der Waals surface area contributed by atoms with Gasteiger partial charge in [0.25, 0.3) is 0 Å². The molecule has 1 atom stereocenters. The molecule has 0 aromatic rings. The van der Waals surface area contributed by atoms with Crippen LogP contribution < -0.4 is 0 Å². The number of piperidine rings is 2. The monoisotopic (exact) mass is 339 g/mol. The Bertz CT molecular complexity index is 393. The first-order valence-electron chi connectivity index (χ1n) is 9.65. The van der Waals surface area contributed by atoms with Crippen molar-refractivity contribution in [1.29, 1.82) is 0 Å². The van der Waals surface area contributed by atoms with Gasteiger partial charge in [-0.15, -0.1) is 0 Å². The predicted molar refractivity (Wildman–Crippen MR) is 93.1 cm³/mol. The number of hydrogen-bond acceptors (Lipinski definition) is 6. The van der Waals surface area contributed by atoms with E-state index in [0.717, 1.165) is 65.3 Å². The first-order chi connectivity index (χ1) is 11.7. The van der Waals surface area contributed by atoms with Crippen molar-refractivity contribution in [3.8, 4) is 0 Å². The number of rotatable bonds is 5. The van der Waals surface area contributed by atoms with Crippen LogP contribution in [0.1, 0.15) is 32.1 Å². The van der Waals surface area contributed by atoms with Crippen molar-refractivity contribution in [2.24, 2.45) is 0 Å². The molecule has 0 N–H and O–H groups in total. The Balaban J connectivity index is 1.46. The first kappa shape index (κ1) is 18.1. The Morgan fingerprint density at radius 2 is 1.79 bits per heavy atom. The molecule has 1 unspecified atom stereocenters. The lowest BCUT2D eigenvalue weighted by molar-refractivity contribution is -0.153. The molecule has 3 saturated heterocycles. The molecule has 0 aliphatic carbocycles. The highest BCUT2D eigenvalue weighted by Crippen LogP contribution is 2.25. The van der Waals surface area contributed by atoms with Gasteiger partial charge in [0, 0.05) is 25.7 Å². The van der Waals surface area contributed by atoms with Crippen molar-refractivity contribution in [2.45, 2.75) is 44.2 Å². The third-order valence-corrected chi connectivity index (χ3v) is 5.73. The number of morpholine rings is 1. The highest BCUT2D eigenvalue weighted by Gasteiger charge is 2.35. The van der Waals surface area contributed by atoms with Gasteiger partial charge in [-0.2, -0.15) is 0 Å². The van der Waals surface area contributed by atoms with Gasteiger partial charge in [0.15, 0.2) is 0 Å². The fraction of sp³-hybridized carbons (Fsp3) is 0.944. The molecule has 0 saturated carbocycles. The molecular formula is C18H33N3O3. The van der Waals surface area contributed by atoms with E-state index in [1.54, 1.807) is 0 Å². The lowest BCUT2D eigenvalue weighted by Crippen LogP contribution is -2.53. The minimum atomic E-state index is -0.0168. The Hall–Kier alpha value is -0.690. The highest BCUT2D eigenvalue weighted by molar-refractivity contribution is 5.76. The largest absolute Gasteiger partial charge is 0.463 e. The van der Waals surface area contributed by atoms with Crippen LogP contribution in [0.2, 0.25) is 0 Å². The van der Waals surface area contributed by atoms with E-state index in [9.17, 15) is 4.79 Å². The molecule has 0 bridgehead atoms.